The maximum absolute atomic E-state index is 4.57. The van der Waals surface area contributed by atoms with Crippen LogP contribution >= 0.6 is 11.3 Å². The van der Waals surface area contributed by atoms with Crippen molar-refractivity contribution in [2.45, 2.75) is 20.4 Å². The molecule has 7 heteroatoms. The fourth-order valence-electron chi connectivity index (χ4n) is 1.98. The summed E-state index contributed by atoms with van der Waals surface area (Å²) in [7, 11) is 0. The van der Waals surface area contributed by atoms with Gasteiger partial charge in [-0.3, -0.25) is 0 Å². The average Bonchev–Trinajstić information content (AvgIpc) is 3.05. The summed E-state index contributed by atoms with van der Waals surface area (Å²) >= 11 is 1.65. The summed E-state index contributed by atoms with van der Waals surface area (Å²) in [6, 6.07) is 0. The molecule has 0 aliphatic carbocycles. The number of anilines is 2. The Morgan fingerprint density at radius 3 is 2.95 bits per heavy atom. The Morgan fingerprint density at radius 2 is 2.20 bits per heavy atom. The smallest absolute Gasteiger partial charge is 0.180 e. The van der Waals surface area contributed by atoms with E-state index < -0.39 is 0 Å². The lowest BCUT2D eigenvalue weighted by molar-refractivity contribution is 1.05. The number of fused-ring (bicyclic) bond motifs is 1. The number of nitrogens with zero attached hydrogens (tertiary/aromatic N) is 4. The third-order valence-corrected chi connectivity index (χ3v) is 3.93. The monoisotopic (exact) mass is 288 g/mol. The lowest BCUT2D eigenvalue weighted by Crippen LogP contribution is -2.07. The Bertz CT molecular complexity index is 717. The molecule has 2 N–H and O–H groups in total. The average molecular weight is 288 g/mol. The number of rotatable bonds is 5. The van der Waals surface area contributed by atoms with Crippen molar-refractivity contribution >= 4 is 28.6 Å². The SMILES string of the molecule is CCNc1cn2ccnc2c(NCc2scnc2C)n1. The van der Waals surface area contributed by atoms with Gasteiger partial charge in [0.25, 0.3) is 0 Å². The van der Waals surface area contributed by atoms with Crippen molar-refractivity contribution in [1.82, 2.24) is 19.4 Å². The van der Waals surface area contributed by atoms with Crippen molar-refractivity contribution in [1.29, 1.82) is 0 Å². The van der Waals surface area contributed by atoms with Gasteiger partial charge in [-0.05, 0) is 13.8 Å². The maximum Gasteiger partial charge on any atom is 0.180 e. The molecule has 3 aromatic rings. The van der Waals surface area contributed by atoms with Crippen LogP contribution in [0.4, 0.5) is 11.6 Å². The van der Waals surface area contributed by atoms with Crippen molar-refractivity contribution in [2.24, 2.45) is 0 Å². The molecular weight excluding hydrogens is 272 g/mol. The van der Waals surface area contributed by atoms with Crippen LogP contribution in [-0.4, -0.2) is 25.9 Å². The molecule has 0 aliphatic rings. The van der Waals surface area contributed by atoms with E-state index in [0.717, 1.165) is 29.5 Å². The molecule has 0 atom stereocenters. The van der Waals surface area contributed by atoms with E-state index >= 15 is 0 Å². The largest absolute Gasteiger partial charge is 0.369 e. The highest BCUT2D eigenvalue weighted by Gasteiger charge is 2.08. The minimum Gasteiger partial charge on any atom is -0.369 e. The zero-order valence-electron chi connectivity index (χ0n) is 11.4. The molecule has 0 unspecified atom stereocenters. The zero-order valence-corrected chi connectivity index (χ0v) is 12.2. The van der Waals surface area contributed by atoms with E-state index in [2.05, 4.69) is 25.6 Å². The summed E-state index contributed by atoms with van der Waals surface area (Å²) < 4.78 is 1.97. The molecule has 20 heavy (non-hydrogen) atoms. The molecule has 0 saturated heterocycles. The predicted molar refractivity (Wildman–Crippen MR) is 81.3 cm³/mol. The number of nitrogens with one attached hydrogen (secondary N) is 2. The van der Waals surface area contributed by atoms with Gasteiger partial charge in [0, 0.05) is 23.8 Å². The zero-order chi connectivity index (χ0) is 13.9. The highest BCUT2D eigenvalue weighted by Crippen LogP contribution is 2.19. The van der Waals surface area contributed by atoms with Crippen LogP contribution in [0.15, 0.2) is 24.1 Å². The van der Waals surface area contributed by atoms with Gasteiger partial charge in [0.2, 0.25) is 0 Å². The van der Waals surface area contributed by atoms with Gasteiger partial charge in [0.1, 0.15) is 5.82 Å². The molecule has 0 aliphatic heterocycles. The molecule has 3 aromatic heterocycles. The van der Waals surface area contributed by atoms with E-state index in [0.29, 0.717) is 6.54 Å². The summed E-state index contributed by atoms with van der Waals surface area (Å²) in [5, 5.41) is 6.58. The summed E-state index contributed by atoms with van der Waals surface area (Å²) in [4.78, 5) is 14.4. The first-order valence-electron chi connectivity index (χ1n) is 6.48. The van der Waals surface area contributed by atoms with E-state index in [-0.39, 0.29) is 0 Å². The molecule has 104 valence electrons. The molecule has 0 fully saturated rings. The van der Waals surface area contributed by atoms with E-state index in [1.165, 1.54) is 4.88 Å². The van der Waals surface area contributed by atoms with Gasteiger partial charge in [-0.2, -0.15) is 0 Å². The van der Waals surface area contributed by atoms with Crippen molar-refractivity contribution in [3.63, 3.8) is 0 Å². The van der Waals surface area contributed by atoms with Gasteiger partial charge in [-0.25, -0.2) is 15.0 Å². The number of hydrogen-bond acceptors (Lipinski definition) is 6. The van der Waals surface area contributed by atoms with Gasteiger partial charge in [-0.1, -0.05) is 0 Å². The van der Waals surface area contributed by atoms with Gasteiger partial charge in [-0.15, -0.1) is 11.3 Å². The molecule has 0 saturated carbocycles. The standard InChI is InChI=1S/C13H16N6S/c1-3-14-11-7-19-5-4-15-13(19)12(18-11)16-6-10-9(2)17-8-20-10/h4-5,7-8,14H,3,6H2,1-2H3,(H,16,18). The first-order chi connectivity index (χ1) is 9.78. The number of imidazole rings is 1. The van der Waals surface area contributed by atoms with Gasteiger partial charge in [0.15, 0.2) is 11.5 Å². The lowest BCUT2D eigenvalue weighted by Gasteiger charge is -2.09. The second kappa shape index (κ2) is 5.46. The number of hydrogen-bond donors (Lipinski definition) is 2. The first-order valence-corrected chi connectivity index (χ1v) is 7.36. The van der Waals surface area contributed by atoms with Crippen LogP contribution in [0.25, 0.3) is 5.65 Å². The quantitative estimate of drug-likeness (QED) is 0.755. The van der Waals surface area contributed by atoms with Crippen LogP contribution in [0.1, 0.15) is 17.5 Å². The van der Waals surface area contributed by atoms with Crippen molar-refractivity contribution in [3.05, 3.63) is 34.7 Å². The van der Waals surface area contributed by atoms with E-state index in [9.17, 15) is 0 Å². The second-order valence-electron chi connectivity index (χ2n) is 4.38. The van der Waals surface area contributed by atoms with Gasteiger partial charge in [0.05, 0.1) is 23.9 Å². The molecule has 0 aromatic carbocycles. The van der Waals surface area contributed by atoms with Gasteiger partial charge >= 0.3 is 0 Å². The predicted octanol–water partition coefficient (Wildman–Crippen LogP) is 2.54. The normalized spacial score (nSPS) is 10.9. The number of thiazole rings is 1. The molecule has 0 amide bonds. The minimum absolute atomic E-state index is 0.710. The van der Waals surface area contributed by atoms with Crippen LogP contribution in [0.2, 0.25) is 0 Å². The van der Waals surface area contributed by atoms with Gasteiger partial charge < -0.3 is 15.0 Å². The van der Waals surface area contributed by atoms with Crippen LogP contribution in [0, 0.1) is 6.92 Å². The van der Waals surface area contributed by atoms with Crippen LogP contribution in [0.3, 0.4) is 0 Å². The fourth-order valence-corrected chi connectivity index (χ4v) is 2.69. The Kier molecular flexibility index (Phi) is 3.51. The highest BCUT2D eigenvalue weighted by atomic mass is 32.1. The van der Waals surface area contributed by atoms with Crippen molar-refractivity contribution in [2.75, 3.05) is 17.2 Å². The Labute approximate surface area is 120 Å². The van der Waals surface area contributed by atoms with Crippen molar-refractivity contribution in [3.8, 4) is 0 Å². The molecule has 0 spiro atoms. The number of aromatic nitrogens is 4. The molecular formula is C13H16N6S. The fraction of sp³-hybridized carbons (Fsp3) is 0.308. The highest BCUT2D eigenvalue weighted by molar-refractivity contribution is 7.09. The van der Waals surface area contributed by atoms with Crippen LogP contribution in [0.5, 0.6) is 0 Å². The topological polar surface area (TPSA) is 67.1 Å². The van der Waals surface area contributed by atoms with E-state index in [1.54, 1.807) is 17.5 Å². The molecule has 0 bridgehead atoms. The third kappa shape index (κ3) is 2.44. The molecule has 3 heterocycles. The first kappa shape index (κ1) is 12.9. The van der Waals surface area contributed by atoms with E-state index in [4.69, 9.17) is 0 Å². The molecule has 6 nitrogen and oxygen atoms in total. The Hall–Kier alpha value is -2.15. The summed E-state index contributed by atoms with van der Waals surface area (Å²) in [5.41, 5.74) is 3.75. The summed E-state index contributed by atoms with van der Waals surface area (Å²) in [6.07, 6.45) is 5.63. The second-order valence-corrected chi connectivity index (χ2v) is 5.32. The molecule has 0 radical (unpaired) electrons. The third-order valence-electron chi connectivity index (χ3n) is 2.99. The Balaban J connectivity index is 1.89. The maximum atomic E-state index is 4.57. The van der Waals surface area contributed by atoms with Crippen molar-refractivity contribution < 1.29 is 0 Å². The van der Waals surface area contributed by atoms with Crippen LogP contribution < -0.4 is 10.6 Å². The Morgan fingerprint density at radius 1 is 1.30 bits per heavy atom. The summed E-state index contributed by atoms with van der Waals surface area (Å²) in [6.45, 7) is 5.61. The lowest BCUT2D eigenvalue weighted by atomic mass is 10.4. The number of aryl methyl sites for hydroxylation is 1. The summed E-state index contributed by atoms with van der Waals surface area (Å²) in [5.74, 6) is 1.61. The molecule has 3 rings (SSSR count). The van der Waals surface area contributed by atoms with E-state index in [1.807, 2.05) is 36.2 Å². The van der Waals surface area contributed by atoms with Crippen LogP contribution in [-0.2, 0) is 6.54 Å². The minimum atomic E-state index is 0.710.